The zero-order valence-corrected chi connectivity index (χ0v) is 12.6. The van der Waals surface area contributed by atoms with E-state index in [0.717, 1.165) is 12.3 Å². The summed E-state index contributed by atoms with van der Waals surface area (Å²) in [4.78, 5) is 0. The second-order valence-corrected chi connectivity index (χ2v) is 12.0. The summed E-state index contributed by atoms with van der Waals surface area (Å²) in [6.07, 6.45) is 3.96. The predicted molar refractivity (Wildman–Crippen MR) is 69.5 cm³/mol. The van der Waals surface area contributed by atoms with Crippen molar-refractivity contribution < 1.29 is 4.43 Å². The molecule has 0 aromatic carbocycles. The molecule has 0 saturated heterocycles. The van der Waals surface area contributed by atoms with Crippen LogP contribution in [0.3, 0.4) is 0 Å². The molecular formula is C11H22Cl2OSi. The molecule has 0 aromatic rings. The van der Waals surface area contributed by atoms with E-state index in [4.69, 9.17) is 26.6 Å². The number of halogens is 2. The zero-order valence-electron chi connectivity index (χ0n) is 10.1. The average Bonchev–Trinajstić information content (AvgIpc) is 1.99. The van der Waals surface area contributed by atoms with E-state index in [1.54, 1.807) is 0 Å². The first kappa shape index (κ1) is 13.8. The highest BCUT2D eigenvalue weighted by molar-refractivity contribution is 7.41. The molecule has 1 rings (SSSR count). The third kappa shape index (κ3) is 4.64. The van der Waals surface area contributed by atoms with Gasteiger partial charge in [0.25, 0.3) is 0 Å². The van der Waals surface area contributed by atoms with Crippen LogP contribution in [-0.2, 0) is 4.43 Å². The summed E-state index contributed by atoms with van der Waals surface area (Å²) < 4.78 is 5.89. The van der Waals surface area contributed by atoms with Crippen LogP contribution in [0, 0.1) is 17.8 Å². The normalized spacial score (nSPS) is 33.4. The van der Waals surface area contributed by atoms with E-state index in [2.05, 4.69) is 20.8 Å². The molecule has 0 aromatic heterocycles. The van der Waals surface area contributed by atoms with E-state index in [1.165, 1.54) is 12.8 Å². The molecule has 4 heteroatoms. The second-order valence-electron chi connectivity index (χ2n) is 5.29. The minimum absolute atomic E-state index is 0.278. The van der Waals surface area contributed by atoms with Gasteiger partial charge in [-0.15, -0.1) is 22.2 Å². The summed E-state index contributed by atoms with van der Waals surface area (Å²) in [5.41, 5.74) is 0. The monoisotopic (exact) mass is 268 g/mol. The second kappa shape index (κ2) is 5.39. The number of rotatable bonds is 3. The molecular weight excluding hydrogens is 247 g/mol. The van der Waals surface area contributed by atoms with Crippen molar-refractivity contribution in [2.45, 2.75) is 52.7 Å². The van der Waals surface area contributed by atoms with Crippen molar-refractivity contribution in [1.29, 1.82) is 0 Å². The predicted octanol–water partition coefficient (Wildman–Crippen LogP) is 4.51. The molecule has 0 radical (unpaired) electrons. The number of hydrogen-bond acceptors (Lipinski definition) is 1. The topological polar surface area (TPSA) is 9.23 Å². The van der Waals surface area contributed by atoms with Gasteiger partial charge in [0.05, 0.1) is 6.10 Å². The maximum atomic E-state index is 6.07. The first-order valence-electron chi connectivity index (χ1n) is 5.85. The Kier molecular flexibility index (Phi) is 4.97. The van der Waals surface area contributed by atoms with Crippen molar-refractivity contribution in [2.24, 2.45) is 17.8 Å². The molecule has 0 bridgehead atoms. The molecule has 1 aliphatic carbocycles. The van der Waals surface area contributed by atoms with Gasteiger partial charge in [0.2, 0.25) is 0 Å². The van der Waals surface area contributed by atoms with Gasteiger partial charge in [0.1, 0.15) is 0 Å². The molecule has 90 valence electrons. The van der Waals surface area contributed by atoms with E-state index in [9.17, 15) is 0 Å². The van der Waals surface area contributed by atoms with Crippen molar-refractivity contribution in [3.8, 4) is 0 Å². The molecule has 0 unspecified atom stereocenters. The van der Waals surface area contributed by atoms with Gasteiger partial charge in [0.15, 0.2) is 0 Å². The van der Waals surface area contributed by atoms with Crippen LogP contribution in [0.5, 0.6) is 0 Å². The Hall–Kier alpha value is 0.757. The SMILES string of the molecule is CC(C)[C@@H]1CC[C@@H](C)C[C@H]1O[Si](C)(Cl)Cl. The minimum atomic E-state index is -2.42. The molecule has 0 spiro atoms. The summed E-state index contributed by atoms with van der Waals surface area (Å²) in [5, 5.41) is 0. The van der Waals surface area contributed by atoms with E-state index < -0.39 is 6.94 Å². The lowest BCUT2D eigenvalue weighted by molar-refractivity contribution is 0.0457. The maximum absolute atomic E-state index is 6.07. The van der Waals surface area contributed by atoms with Gasteiger partial charge in [-0.1, -0.05) is 27.2 Å². The van der Waals surface area contributed by atoms with Gasteiger partial charge >= 0.3 is 6.94 Å². The van der Waals surface area contributed by atoms with Crippen LogP contribution in [0.4, 0.5) is 0 Å². The Labute approximate surface area is 104 Å². The molecule has 3 atom stereocenters. The lowest BCUT2D eigenvalue weighted by atomic mass is 9.75. The van der Waals surface area contributed by atoms with Crippen LogP contribution in [0.15, 0.2) is 0 Å². The van der Waals surface area contributed by atoms with Gasteiger partial charge in [-0.3, -0.25) is 0 Å². The lowest BCUT2D eigenvalue weighted by Gasteiger charge is -2.39. The standard InChI is InChI=1S/C11H22Cl2OSi/c1-8(2)10-6-5-9(3)7-11(10)14-15(4,12)13/h8-11H,5-7H2,1-4H3/t9-,10+,11-/m1/s1. The van der Waals surface area contributed by atoms with Crippen LogP contribution in [0.2, 0.25) is 6.55 Å². The summed E-state index contributed by atoms with van der Waals surface area (Å²) in [6, 6.07) is 0. The van der Waals surface area contributed by atoms with E-state index in [0.29, 0.717) is 11.8 Å². The van der Waals surface area contributed by atoms with Crippen LogP contribution in [-0.4, -0.2) is 13.0 Å². The zero-order chi connectivity index (χ0) is 11.6. The highest BCUT2D eigenvalue weighted by atomic mass is 35.7. The maximum Gasteiger partial charge on any atom is 0.386 e. The van der Waals surface area contributed by atoms with Crippen molar-refractivity contribution in [1.82, 2.24) is 0 Å². The third-order valence-corrected chi connectivity index (χ3v) is 4.57. The van der Waals surface area contributed by atoms with E-state index in [-0.39, 0.29) is 6.10 Å². The summed E-state index contributed by atoms with van der Waals surface area (Å²) in [5.74, 6) is 2.03. The fraction of sp³-hybridized carbons (Fsp3) is 1.00. The summed E-state index contributed by atoms with van der Waals surface area (Å²) in [7, 11) is 0. The smallest absolute Gasteiger partial charge is 0.386 e. The average molecular weight is 269 g/mol. The Morgan fingerprint density at radius 1 is 1.27 bits per heavy atom. The molecule has 0 heterocycles. The molecule has 0 N–H and O–H groups in total. The van der Waals surface area contributed by atoms with Crippen molar-refractivity contribution in [3.63, 3.8) is 0 Å². The van der Waals surface area contributed by atoms with Gasteiger partial charge < -0.3 is 4.43 Å². The fourth-order valence-corrected chi connectivity index (χ4v) is 4.01. The minimum Gasteiger partial charge on any atom is -0.389 e. The van der Waals surface area contributed by atoms with Crippen LogP contribution in [0.25, 0.3) is 0 Å². The van der Waals surface area contributed by atoms with Crippen molar-refractivity contribution >= 4 is 29.1 Å². The quantitative estimate of drug-likeness (QED) is 0.541. The fourth-order valence-electron chi connectivity index (χ4n) is 2.52. The lowest BCUT2D eigenvalue weighted by Crippen LogP contribution is -2.39. The largest absolute Gasteiger partial charge is 0.389 e. The molecule has 1 nitrogen and oxygen atoms in total. The molecule has 1 aliphatic rings. The number of hydrogen-bond donors (Lipinski definition) is 0. The van der Waals surface area contributed by atoms with E-state index in [1.807, 2.05) is 6.55 Å². The van der Waals surface area contributed by atoms with Gasteiger partial charge in [0, 0.05) is 0 Å². The van der Waals surface area contributed by atoms with Gasteiger partial charge in [-0.05, 0) is 37.1 Å². The Morgan fingerprint density at radius 2 is 1.87 bits per heavy atom. The van der Waals surface area contributed by atoms with Crippen molar-refractivity contribution in [3.05, 3.63) is 0 Å². The van der Waals surface area contributed by atoms with Gasteiger partial charge in [-0.25, -0.2) is 0 Å². The first-order valence-corrected chi connectivity index (χ1v) is 10.3. The molecule has 1 saturated carbocycles. The molecule has 1 fully saturated rings. The molecule has 15 heavy (non-hydrogen) atoms. The third-order valence-electron chi connectivity index (χ3n) is 3.32. The Balaban J connectivity index is 2.62. The summed E-state index contributed by atoms with van der Waals surface area (Å²) >= 11 is 12.1. The van der Waals surface area contributed by atoms with E-state index >= 15 is 0 Å². The first-order chi connectivity index (χ1) is 6.79. The Bertz CT molecular complexity index is 203. The van der Waals surface area contributed by atoms with Crippen LogP contribution in [0.1, 0.15) is 40.0 Å². The van der Waals surface area contributed by atoms with Gasteiger partial charge in [-0.2, -0.15) is 0 Å². The molecule has 0 amide bonds. The van der Waals surface area contributed by atoms with Crippen LogP contribution < -0.4 is 0 Å². The highest BCUT2D eigenvalue weighted by Crippen LogP contribution is 2.37. The van der Waals surface area contributed by atoms with Crippen molar-refractivity contribution in [2.75, 3.05) is 0 Å². The Morgan fingerprint density at radius 3 is 2.33 bits per heavy atom. The van der Waals surface area contributed by atoms with Crippen LogP contribution >= 0.6 is 22.2 Å². The highest BCUT2D eigenvalue weighted by Gasteiger charge is 2.36. The molecule has 0 aliphatic heterocycles. The summed E-state index contributed by atoms with van der Waals surface area (Å²) in [6.45, 7) is 6.23.